The first kappa shape index (κ1) is 13.7. The molecule has 0 aliphatic carbocycles. The molecule has 0 fully saturated rings. The molecule has 0 aliphatic rings. The van der Waals surface area contributed by atoms with Crippen molar-refractivity contribution < 1.29 is 9.18 Å². The Morgan fingerprint density at radius 2 is 2.10 bits per heavy atom. The zero-order valence-corrected chi connectivity index (χ0v) is 10.6. The summed E-state index contributed by atoms with van der Waals surface area (Å²) in [5.41, 5.74) is 0.213. The summed E-state index contributed by atoms with van der Waals surface area (Å²) < 4.78 is 13.4. The van der Waals surface area contributed by atoms with Gasteiger partial charge < -0.3 is 10.6 Å². The number of halogens is 1. The molecule has 0 bridgehead atoms. The Morgan fingerprint density at radius 3 is 2.75 bits per heavy atom. The van der Waals surface area contributed by atoms with Crippen molar-refractivity contribution in [1.82, 2.24) is 9.97 Å². The molecule has 0 spiro atoms. The number of rotatable bonds is 5. The fourth-order valence-electron chi connectivity index (χ4n) is 1.46. The van der Waals surface area contributed by atoms with Crippen LogP contribution in [0.25, 0.3) is 0 Å². The number of hydrogen-bond donors (Lipinski definition) is 2. The third kappa shape index (κ3) is 3.38. The van der Waals surface area contributed by atoms with Crippen LogP contribution in [0.15, 0.2) is 49.3 Å². The van der Waals surface area contributed by atoms with Gasteiger partial charge in [0.1, 0.15) is 17.3 Å². The van der Waals surface area contributed by atoms with Gasteiger partial charge in [-0.05, 0) is 12.1 Å². The van der Waals surface area contributed by atoms with Crippen LogP contribution in [0.1, 0.15) is 10.5 Å². The molecule has 0 unspecified atom stereocenters. The fourth-order valence-corrected chi connectivity index (χ4v) is 1.46. The van der Waals surface area contributed by atoms with Crippen molar-refractivity contribution in [2.45, 2.75) is 0 Å². The highest BCUT2D eigenvalue weighted by Gasteiger charge is 2.10. The highest BCUT2D eigenvalue weighted by molar-refractivity contribution is 6.02. The van der Waals surface area contributed by atoms with Crippen LogP contribution in [0.2, 0.25) is 0 Å². The van der Waals surface area contributed by atoms with Gasteiger partial charge in [0.2, 0.25) is 0 Å². The smallest absolute Gasteiger partial charge is 0.275 e. The maximum Gasteiger partial charge on any atom is 0.275 e. The van der Waals surface area contributed by atoms with Gasteiger partial charge in [0.25, 0.3) is 5.91 Å². The van der Waals surface area contributed by atoms with Crippen molar-refractivity contribution in [2.24, 2.45) is 0 Å². The lowest BCUT2D eigenvalue weighted by Crippen LogP contribution is -2.15. The van der Waals surface area contributed by atoms with Crippen LogP contribution in [0.3, 0.4) is 0 Å². The summed E-state index contributed by atoms with van der Waals surface area (Å²) in [5.74, 6) is -0.483. The van der Waals surface area contributed by atoms with E-state index in [1.54, 1.807) is 18.2 Å². The minimum atomic E-state index is -0.516. The molecule has 102 valence electrons. The lowest BCUT2D eigenvalue weighted by molar-refractivity contribution is 0.102. The van der Waals surface area contributed by atoms with Crippen LogP contribution >= 0.6 is 0 Å². The minimum Gasteiger partial charge on any atom is -0.365 e. The molecule has 0 saturated heterocycles. The van der Waals surface area contributed by atoms with Crippen molar-refractivity contribution in [2.75, 3.05) is 17.2 Å². The summed E-state index contributed by atoms with van der Waals surface area (Å²) in [7, 11) is 0. The number of carbonyl (C=O) groups excluding carboxylic acids is 1. The molecule has 5 nitrogen and oxygen atoms in total. The quantitative estimate of drug-likeness (QED) is 0.820. The molecule has 1 aromatic heterocycles. The van der Waals surface area contributed by atoms with Crippen LogP contribution < -0.4 is 10.6 Å². The largest absolute Gasteiger partial charge is 0.365 e. The second kappa shape index (κ2) is 6.42. The van der Waals surface area contributed by atoms with Gasteiger partial charge in [-0.15, -0.1) is 6.58 Å². The van der Waals surface area contributed by atoms with Gasteiger partial charge in [0.05, 0.1) is 18.1 Å². The second-order valence-electron chi connectivity index (χ2n) is 3.89. The summed E-state index contributed by atoms with van der Waals surface area (Å²) >= 11 is 0. The number of benzene rings is 1. The van der Waals surface area contributed by atoms with E-state index in [1.165, 1.54) is 24.5 Å². The van der Waals surface area contributed by atoms with E-state index in [4.69, 9.17) is 0 Å². The standard InChI is InChI=1S/C14H13FN4O/c1-2-7-16-13-9-17-12(8-18-13)14(20)19-11-6-4-3-5-10(11)15/h2-6,8-9H,1,7H2,(H,16,18)(H,19,20). The number of amides is 1. The Morgan fingerprint density at radius 1 is 1.30 bits per heavy atom. The maximum absolute atomic E-state index is 13.4. The van der Waals surface area contributed by atoms with E-state index in [2.05, 4.69) is 27.2 Å². The molecule has 0 saturated carbocycles. The molecule has 2 rings (SSSR count). The first-order chi connectivity index (χ1) is 9.70. The second-order valence-corrected chi connectivity index (χ2v) is 3.89. The molecule has 1 aromatic carbocycles. The summed E-state index contributed by atoms with van der Waals surface area (Å²) in [5, 5.41) is 5.37. The Labute approximate surface area is 115 Å². The van der Waals surface area contributed by atoms with E-state index in [0.717, 1.165) is 0 Å². The summed E-state index contributed by atoms with van der Waals surface area (Å²) in [6.07, 6.45) is 4.43. The zero-order chi connectivity index (χ0) is 14.4. The SMILES string of the molecule is C=CCNc1cnc(C(=O)Nc2ccccc2F)cn1. The van der Waals surface area contributed by atoms with Gasteiger partial charge in [-0.25, -0.2) is 14.4 Å². The van der Waals surface area contributed by atoms with E-state index in [1.807, 2.05) is 0 Å². The molecule has 0 atom stereocenters. The summed E-state index contributed by atoms with van der Waals surface area (Å²) in [6, 6.07) is 5.92. The number of carbonyl (C=O) groups is 1. The van der Waals surface area contributed by atoms with Crippen LogP contribution in [0.5, 0.6) is 0 Å². The Hall–Kier alpha value is -2.76. The summed E-state index contributed by atoms with van der Waals surface area (Å²) in [4.78, 5) is 19.9. The van der Waals surface area contributed by atoms with Gasteiger partial charge in [-0.1, -0.05) is 18.2 Å². The number of nitrogens with zero attached hydrogens (tertiary/aromatic N) is 2. The third-order valence-electron chi connectivity index (χ3n) is 2.43. The minimum absolute atomic E-state index is 0.105. The molecule has 1 amide bonds. The van der Waals surface area contributed by atoms with Crippen LogP contribution in [0.4, 0.5) is 15.9 Å². The number of hydrogen-bond acceptors (Lipinski definition) is 4. The van der Waals surface area contributed by atoms with Crippen LogP contribution in [-0.2, 0) is 0 Å². The van der Waals surface area contributed by atoms with Gasteiger partial charge in [0, 0.05) is 6.54 Å². The average Bonchev–Trinajstić information content (AvgIpc) is 2.48. The maximum atomic E-state index is 13.4. The molecular formula is C14H13FN4O. The van der Waals surface area contributed by atoms with Crippen molar-refractivity contribution in [1.29, 1.82) is 0 Å². The molecule has 0 aliphatic heterocycles. The monoisotopic (exact) mass is 272 g/mol. The molecule has 6 heteroatoms. The lowest BCUT2D eigenvalue weighted by Gasteiger charge is -2.06. The normalized spacial score (nSPS) is 9.85. The first-order valence-electron chi connectivity index (χ1n) is 5.93. The van der Waals surface area contributed by atoms with Crippen molar-refractivity contribution in [3.05, 3.63) is 60.8 Å². The van der Waals surface area contributed by atoms with E-state index < -0.39 is 11.7 Å². The lowest BCUT2D eigenvalue weighted by atomic mass is 10.3. The molecule has 1 heterocycles. The molecule has 0 radical (unpaired) electrons. The van der Waals surface area contributed by atoms with Gasteiger partial charge in [-0.2, -0.15) is 0 Å². The van der Waals surface area contributed by atoms with Gasteiger partial charge >= 0.3 is 0 Å². The molecule has 2 aromatic rings. The van der Waals surface area contributed by atoms with Crippen molar-refractivity contribution in [3.63, 3.8) is 0 Å². The third-order valence-corrected chi connectivity index (χ3v) is 2.43. The Bertz CT molecular complexity index is 613. The number of anilines is 2. The predicted octanol–water partition coefficient (Wildman–Crippen LogP) is 2.47. The highest BCUT2D eigenvalue weighted by atomic mass is 19.1. The van der Waals surface area contributed by atoms with E-state index >= 15 is 0 Å². The highest BCUT2D eigenvalue weighted by Crippen LogP contribution is 2.13. The topological polar surface area (TPSA) is 66.9 Å². The van der Waals surface area contributed by atoms with E-state index in [9.17, 15) is 9.18 Å². The molecule has 20 heavy (non-hydrogen) atoms. The van der Waals surface area contributed by atoms with Crippen LogP contribution in [-0.4, -0.2) is 22.4 Å². The van der Waals surface area contributed by atoms with Crippen molar-refractivity contribution >= 4 is 17.4 Å². The summed E-state index contributed by atoms with van der Waals surface area (Å²) in [6.45, 7) is 4.12. The Kier molecular flexibility index (Phi) is 4.39. The Balaban J connectivity index is 2.06. The van der Waals surface area contributed by atoms with Crippen LogP contribution in [0, 0.1) is 5.82 Å². The van der Waals surface area contributed by atoms with Gasteiger partial charge in [-0.3, -0.25) is 4.79 Å². The van der Waals surface area contributed by atoms with Crippen molar-refractivity contribution in [3.8, 4) is 0 Å². The fraction of sp³-hybridized carbons (Fsp3) is 0.0714. The number of aromatic nitrogens is 2. The zero-order valence-electron chi connectivity index (χ0n) is 10.6. The predicted molar refractivity (Wildman–Crippen MR) is 75.1 cm³/mol. The number of nitrogens with one attached hydrogen (secondary N) is 2. The molecule has 2 N–H and O–H groups in total. The average molecular weight is 272 g/mol. The van der Waals surface area contributed by atoms with Gasteiger partial charge in [0.15, 0.2) is 0 Å². The van der Waals surface area contributed by atoms with E-state index in [0.29, 0.717) is 12.4 Å². The first-order valence-corrected chi connectivity index (χ1v) is 5.93. The molecular weight excluding hydrogens is 259 g/mol. The number of para-hydroxylation sites is 1. The van der Waals surface area contributed by atoms with E-state index in [-0.39, 0.29) is 11.4 Å².